The highest BCUT2D eigenvalue weighted by molar-refractivity contribution is 7.85. The molecule has 1 fully saturated rings. The molecular formula is C29H44N6O8S. The Bertz CT molecular complexity index is 1540. The zero-order valence-corrected chi connectivity index (χ0v) is 26.9. The highest BCUT2D eigenvalue weighted by atomic mass is 32.2. The molecule has 0 bridgehead atoms. The van der Waals surface area contributed by atoms with Gasteiger partial charge in [0.15, 0.2) is 22.7 Å². The van der Waals surface area contributed by atoms with Crippen molar-refractivity contribution in [1.29, 1.82) is 0 Å². The zero-order valence-electron chi connectivity index (χ0n) is 26.1. The summed E-state index contributed by atoms with van der Waals surface area (Å²) in [7, 11) is 4.46. The van der Waals surface area contributed by atoms with Crippen molar-refractivity contribution in [2.75, 3.05) is 66.4 Å². The average Bonchev–Trinajstić information content (AvgIpc) is 3.42. The molecule has 3 atom stereocenters. The monoisotopic (exact) mass is 636 g/mol. The molecule has 1 aliphatic rings. The molecule has 4 rings (SSSR count). The van der Waals surface area contributed by atoms with Crippen LogP contribution in [-0.2, 0) is 30.9 Å². The Hall–Kier alpha value is -3.24. The fourth-order valence-corrected chi connectivity index (χ4v) is 6.63. The molecule has 0 radical (unpaired) electrons. The third-order valence-corrected chi connectivity index (χ3v) is 9.34. The van der Waals surface area contributed by atoms with E-state index in [-0.39, 0.29) is 12.3 Å². The Morgan fingerprint density at radius 1 is 0.932 bits per heavy atom. The molecule has 1 saturated heterocycles. The second kappa shape index (κ2) is 15.2. The molecule has 0 spiro atoms. The lowest BCUT2D eigenvalue weighted by atomic mass is 10.2. The highest BCUT2D eigenvalue weighted by Gasteiger charge is 2.24. The van der Waals surface area contributed by atoms with Crippen molar-refractivity contribution in [1.82, 2.24) is 28.5 Å². The molecule has 3 unspecified atom stereocenters. The summed E-state index contributed by atoms with van der Waals surface area (Å²) in [6, 6.07) is 3.26. The van der Waals surface area contributed by atoms with E-state index in [1.54, 1.807) is 16.7 Å². The minimum absolute atomic E-state index is 0.0577. The van der Waals surface area contributed by atoms with E-state index in [2.05, 4.69) is 14.8 Å². The van der Waals surface area contributed by atoms with Gasteiger partial charge in [0.05, 0.1) is 63.0 Å². The number of nitrogens with zero attached hydrogens (tertiary/aromatic N) is 6. The van der Waals surface area contributed by atoms with Crippen molar-refractivity contribution in [3.63, 3.8) is 0 Å². The van der Waals surface area contributed by atoms with E-state index in [9.17, 15) is 24.0 Å². The fourth-order valence-electron chi connectivity index (χ4n) is 5.51. The summed E-state index contributed by atoms with van der Waals surface area (Å²) < 4.78 is 33.3. The smallest absolute Gasteiger partial charge is 0.332 e. The largest absolute Gasteiger partial charge is 0.493 e. The maximum Gasteiger partial charge on any atom is 0.332 e. The van der Waals surface area contributed by atoms with E-state index < -0.39 is 34.3 Å². The summed E-state index contributed by atoms with van der Waals surface area (Å²) in [5, 5.41) is 21.6. The molecule has 244 valence electrons. The number of aliphatic hydroxyl groups excluding tert-OH is 2. The number of piperazine rings is 1. The summed E-state index contributed by atoms with van der Waals surface area (Å²) in [6.07, 6.45) is 1.64. The first-order valence-corrected chi connectivity index (χ1v) is 16.1. The Morgan fingerprint density at radius 2 is 1.52 bits per heavy atom. The number of methoxy groups -OCH3 is 3. The third-order valence-electron chi connectivity index (χ3n) is 7.89. The van der Waals surface area contributed by atoms with Gasteiger partial charge in [-0.15, -0.1) is 0 Å². The van der Waals surface area contributed by atoms with Gasteiger partial charge in [-0.1, -0.05) is 13.3 Å². The van der Waals surface area contributed by atoms with E-state index in [4.69, 9.17) is 14.2 Å². The van der Waals surface area contributed by atoms with Crippen LogP contribution in [0.3, 0.4) is 0 Å². The van der Waals surface area contributed by atoms with Gasteiger partial charge in [0.2, 0.25) is 5.75 Å². The molecule has 3 aromatic rings. The summed E-state index contributed by atoms with van der Waals surface area (Å²) in [5.74, 6) is 1.27. The Balaban J connectivity index is 1.30. The third kappa shape index (κ3) is 7.51. The summed E-state index contributed by atoms with van der Waals surface area (Å²) in [5.41, 5.74) is -0.167. The summed E-state index contributed by atoms with van der Waals surface area (Å²) >= 11 is 0. The molecule has 0 amide bonds. The van der Waals surface area contributed by atoms with Crippen LogP contribution in [0.4, 0.5) is 0 Å². The number of unbranched alkanes of at least 4 members (excludes halogenated alkanes) is 1. The minimum atomic E-state index is -1.49. The quantitative estimate of drug-likeness (QED) is 0.229. The molecule has 0 aliphatic carbocycles. The molecule has 14 nitrogen and oxygen atoms in total. The number of aromatic nitrogens is 4. The van der Waals surface area contributed by atoms with E-state index in [0.717, 1.165) is 17.4 Å². The number of imidazole rings is 1. The van der Waals surface area contributed by atoms with Crippen molar-refractivity contribution in [3.8, 4) is 17.2 Å². The van der Waals surface area contributed by atoms with Crippen LogP contribution in [0.1, 0.15) is 19.8 Å². The lowest BCUT2D eigenvalue weighted by Gasteiger charge is -2.36. The Kier molecular flexibility index (Phi) is 11.6. The average molecular weight is 637 g/mol. The number of ether oxygens (including phenoxy) is 3. The van der Waals surface area contributed by atoms with Crippen LogP contribution >= 0.6 is 0 Å². The number of fused-ring (bicyclic) bond motifs is 1. The molecule has 1 aliphatic heterocycles. The van der Waals surface area contributed by atoms with E-state index in [0.29, 0.717) is 79.1 Å². The fraction of sp³-hybridized carbons (Fsp3) is 0.621. The van der Waals surface area contributed by atoms with Gasteiger partial charge in [0.1, 0.15) is 0 Å². The Labute approximate surface area is 258 Å². The standard InChI is InChI=1S/C29H44N6O8S/c1-6-7-8-35-27-25(28(38)31(2)29(35)39)34(19-30-27)17-20(36)15-32-9-11-33(12-10-32)16-21(37)18-44(40)22-13-23(41-3)26(43-5)24(14-22)42-4/h13-14,19-21,36-37H,6-12,15-18H2,1-5H3. The summed E-state index contributed by atoms with van der Waals surface area (Å²) in [6.45, 7) is 6.17. The highest BCUT2D eigenvalue weighted by Crippen LogP contribution is 2.39. The van der Waals surface area contributed by atoms with Crippen molar-refractivity contribution < 1.29 is 28.6 Å². The Morgan fingerprint density at radius 3 is 2.07 bits per heavy atom. The molecule has 0 saturated carbocycles. The number of aliphatic hydroxyl groups is 2. The lowest BCUT2D eigenvalue weighted by Crippen LogP contribution is -2.51. The maximum atomic E-state index is 13.0. The molecular weight excluding hydrogens is 592 g/mol. The SMILES string of the molecule is CCCCn1c(=O)n(C)c(=O)c2c1ncn2CC(O)CN1CCN(CC(O)CS(=O)c2cc(OC)c(OC)c(OC)c2)CC1. The second-order valence-corrected chi connectivity index (χ2v) is 12.5. The van der Waals surface area contributed by atoms with Crippen molar-refractivity contribution >= 4 is 22.0 Å². The van der Waals surface area contributed by atoms with Crippen LogP contribution < -0.4 is 25.5 Å². The van der Waals surface area contributed by atoms with Crippen molar-refractivity contribution in [2.24, 2.45) is 7.05 Å². The first-order chi connectivity index (χ1) is 21.1. The number of aryl methyl sites for hydroxylation is 1. The number of rotatable bonds is 15. The van der Waals surface area contributed by atoms with Gasteiger partial charge in [-0.05, 0) is 6.42 Å². The second-order valence-electron chi connectivity index (χ2n) is 11.0. The van der Waals surface area contributed by atoms with Crippen LogP contribution in [-0.4, -0.2) is 121 Å². The number of β-amino-alcohol motifs (C(OH)–C–C–N with tert-alkyl or cyclic N) is 2. The molecule has 2 N–H and O–H groups in total. The van der Waals surface area contributed by atoms with Gasteiger partial charge in [-0.25, -0.2) is 9.78 Å². The first-order valence-electron chi connectivity index (χ1n) is 14.8. The van der Waals surface area contributed by atoms with E-state index >= 15 is 0 Å². The van der Waals surface area contributed by atoms with E-state index in [1.165, 1.54) is 39.3 Å². The van der Waals surface area contributed by atoms with Crippen LogP contribution in [0.15, 0.2) is 32.9 Å². The topological polar surface area (TPSA) is 154 Å². The van der Waals surface area contributed by atoms with Crippen LogP contribution in [0, 0.1) is 0 Å². The first kappa shape index (κ1) is 33.6. The minimum Gasteiger partial charge on any atom is -0.493 e. The number of benzene rings is 1. The predicted octanol–water partition coefficient (Wildman–Crippen LogP) is -0.130. The number of hydrogen-bond acceptors (Lipinski definition) is 11. The normalized spacial score (nSPS) is 16.6. The number of hydrogen-bond donors (Lipinski definition) is 2. The zero-order chi connectivity index (χ0) is 32.0. The van der Waals surface area contributed by atoms with Gasteiger partial charge >= 0.3 is 5.69 Å². The maximum absolute atomic E-state index is 13.0. The summed E-state index contributed by atoms with van der Waals surface area (Å²) in [4.78, 5) is 34.7. The van der Waals surface area contributed by atoms with Gasteiger partial charge in [0.25, 0.3) is 5.56 Å². The van der Waals surface area contributed by atoms with Gasteiger partial charge in [0, 0.05) is 69.9 Å². The molecule has 15 heteroatoms. The van der Waals surface area contributed by atoms with Crippen molar-refractivity contribution in [3.05, 3.63) is 39.3 Å². The van der Waals surface area contributed by atoms with Crippen LogP contribution in [0.2, 0.25) is 0 Å². The molecule has 44 heavy (non-hydrogen) atoms. The van der Waals surface area contributed by atoms with Gasteiger partial charge in [-0.2, -0.15) is 0 Å². The van der Waals surface area contributed by atoms with Gasteiger partial charge < -0.3 is 29.0 Å². The lowest BCUT2D eigenvalue weighted by molar-refractivity contribution is 0.0488. The van der Waals surface area contributed by atoms with Gasteiger partial charge in [-0.3, -0.25) is 27.9 Å². The van der Waals surface area contributed by atoms with E-state index in [1.807, 2.05) is 6.92 Å². The van der Waals surface area contributed by atoms with Crippen LogP contribution in [0.25, 0.3) is 11.2 Å². The van der Waals surface area contributed by atoms with Crippen molar-refractivity contribution in [2.45, 2.75) is 50.0 Å². The molecule has 1 aromatic carbocycles. The van der Waals surface area contributed by atoms with Crippen LogP contribution in [0.5, 0.6) is 17.2 Å². The predicted molar refractivity (Wildman–Crippen MR) is 166 cm³/mol. The molecule has 3 heterocycles. The molecule has 2 aromatic heterocycles.